The zero-order chi connectivity index (χ0) is 22.3. The first-order chi connectivity index (χ1) is 15.6. The maximum atomic E-state index is 12.3. The predicted octanol–water partition coefficient (Wildman–Crippen LogP) is 3.44. The fourth-order valence-electron chi connectivity index (χ4n) is 4.06. The maximum Gasteiger partial charge on any atom is 0.224 e. The zero-order valence-corrected chi connectivity index (χ0v) is 18.6. The first-order valence-electron chi connectivity index (χ1n) is 11.4. The van der Waals surface area contributed by atoms with Crippen molar-refractivity contribution in [3.8, 4) is 5.75 Å². The Bertz CT molecular complexity index is 939. The van der Waals surface area contributed by atoms with Crippen LogP contribution in [0.1, 0.15) is 43.4 Å². The van der Waals surface area contributed by atoms with Crippen LogP contribution in [0, 0.1) is 0 Å². The number of carbonyl (C=O) groups excluding carboxylic acids is 2. The number of rotatable bonds is 8. The lowest BCUT2D eigenvalue weighted by atomic mass is 10.0. The number of anilines is 2. The molecule has 1 fully saturated rings. The van der Waals surface area contributed by atoms with Crippen molar-refractivity contribution < 1.29 is 19.1 Å². The Kier molecular flexibility index (Phi) is 7.27. The first kappa shape index (κ1) is 22.1. The number of nitrogens with one attached hydrogen (secondary N) is 2. The molecule has 2 aliphatic heterocycles. The molecule has 2 N–H and O–H groups in total. The van der Waals surface area contributed by atoms with Gasteiger partial charge in [-0.05, 0) is 61.2 Å². The Morgan fingerprint density at radius 3 is 2.72 bits per heavy atom. The van der Waals surface area contributed by atoms with Gasteiger partial charge < -0.3 is 25.0 Å². The lowest BCUT2D eigenvalue weighted by Gasteiger charge is -2.29. The SMILES string of the molecule is CC(NC(=O)CCCOc1ccc2c(c1)CCC(=O)N2)c1ccc(N2CCOCC2)cc1. The highest BCUT2D eigenvalue weighted by Crippen LogP contribution is 2.27. The molecule has 32 heavy (non-hydrogen) atoms. The van der Waals surface area contributed by atoms with Crippen LogP contribution >= 0.6 is 0 Å². The molecule has 2 aromatic carbocycles. The van der Waals surface area contributed by atoms with Crippen molar-refractivity contribution in [1.82, 2.24) is 5.32 Å². The summed E-state index contributed by atoms with van der Waals surface area (Å²) in [4.78, 5) is 26.1. The van der Waals surface area contributed by atoms with E-state index in [-0.39, 0.29) is 17.9 Å². The van der Waals surface area contributed by atoms with Gasteiger partial charge in [0, 0.05) is 37.3 Å². The second-order valence-electron chi connectivity index (χ2n) is 8.30. The summed E-state index contributed by atoms with van der Waals surface area (Å²) in [5.74, 6) is 0.847. The van der Waals surface area contributed by atoms with Gasteiger partial charge in [-0.15, -0.1) is 0 Å². The van der Waals surface area contributed by atoms with Crippen molar-refractivity contribution in [2.75, 3.05) is 43.1 Å². The molecule has 2 heterocycles. The monoisotopic (exact) mass is 437 g/mol. The number of benzene rings is 2. The Morgan fingerprint density at radius 1 is 1.16 bits per heavy atom. The molecule has 2 aliphatic rings. The van der Waals surface area contributed by atoms with Crippen LogP contribution < -0.4 is 20.3 Å². The Labute approximate surface area is 189 Å². The van der Waals surface area contributed by atoms with Crippen LogP contribution in [-0.2, 0) is 20.7 Å². The van der Waals surface area contributed by atoms with E-state index in [9.17, 15) is 9.59 Å². The fourth-order valence-corrected chi connectivity index (χ4v) is 4.06. The van der Waals surface area contributed by atoms with Crippen LogP contribution in [0.15, 0.2) is 42.5 Å². The summed E-state index contributed by atoms with van der Waals surface area (Å²) in [5.41, 5.74) is 4.23. The third-order valence-electron chi connectivity index (χ3n) is 5.94. The number of carbonyl (C=O) groups is 2. The van der Waals surface area contributed by atoms with Gasteiger partial charge in [0.05, 0.1) is 25.9 Å². The quantitative estimate of drug-likeness (QED) is 0.619. The molecular formula is C25H31N3O4. The van der Waals surface area contributed by atoms with E-state index in [0.717, 1.165) is 55.3 Å². The lowest BCUT2D eigenvalue weighted by Crippen LogP contribution is -2.36. The number of amides is 2. The van der Waals surface area contributed by atoms with E-state index in [0.29, 0.717) is 25.9 Å². The molecule has 0 aromatic heterocycles. The number of morpholine rings is 1. The molecule has 4 rings (SSSR count). The maximum absolute atomic E-state index is 12.3. The molecule has 7 heteroatoms. The van der Waals surface area contributed by atoms with E-state index in [1.165, 1.54) is 5.69 Å². The van der Waals surface area contributed by atoms with E-state index < -0.39 is 0 Å². The average Bonchev–Trinajstić information content (AvgIpc) is 2.82. The fraction of sp³-hybridized carbons (Fsp3) is 0.440. The Morgan fingerprint density at radius 2 is 1.94 bits per heavy atom. The molecule has 1 saturated heterocycles. The van der Waals surface area contributed by atoms with Gasteiger partial charge in [0.2, 0.25) is 11.8 Å². The van der Waals surface area contributed by atoms with Crippen LogP contribution in [-0.4, -0.2) is 44.7 Å². The predicted molar refractivity (Wildman–Crippen MR) is 124 cm³/mol. The molecular weight excluding hydrogens is 406 g/mol. The van der Waals surface area contributed by atoms with Crippen molar-refractivity contribution in [2.24, 2.45) is 0 Å². The van der Waals surface area contributed by atoms with E-state index >= 15 is 0 Å². The van der Waals surface area contributed by atoms with E-state index in [1.54, 1.807) is 0 Å². The summed E-state index contributed by atoms with van der Waals surface area (Å²) in [6.07, 6.45) is 2.29. The van der Waals surface area contributed by atoms with Gasteiger partial charge in [-0.25, -0.2) is 0 Å². The molecule has 1 unspecified atom stereocenters. The molecule has 0 saturated carbocycles. The smallest absolute Gasteiger partial charge is 0.224 e. The van der Waals surface area contributed by atoms with Gasteiger partial charge in [0.25, 0.3) is 0 Å². The van der Waals surface area contributed by atoms with E-state index in [1.807, 2.05) is 25.1 Å². The summed E-state index contributed by atoms with van der Waals surface area (Å²) in [6, 6.07) is 14.0. The van der Waals surface area contributed by atoms with Gasteiger partial charge >= 0.3 is 0 Å². The summed E-state index contributed by atoms with van der Waals surface area (Å²) < 4.78 is 11.2. The highest BCUT2D eigenvalue weighted by Gasteiger charge is 2.16. The van der Waals surface area contributed by atoms with Crippen LogP contribution in [0.25, 0.3) is 0 Å². The Balaban J connectivity index is 1.18. The average molecular weight is 438 g/mol. The van der Waals surface area contributed by atoms with E-state index in [2.05, 4.69) is 39.8 Å². The molecule has 2 amide bonds. The highest BCUT2D eigenvalue weighted by atomic mass is 16.5. The van der Waals surface area contributed by atoms with Gasteiger partial charge in [-0.3, -0.25) is 9.59 Å². The molecule has 1 atom stereocenters. The van der Waals surface area contributed by atoms with Crippen LogP contribution in [0.5, 0.6) is 5.75 Å². The summed E-state index contributed by atoms with van der Waals surface area (Å²) in [6.45, 7) is 5.84. The van der Waals surface area contributed by atoms with Gasteiger partial charge in [-0.1, -0.05) is 12.1 Å². The molecule has 0 aliphatic carbocycles. The van der Waals surface area contributed by atoms with Gasteiger partial charge in [0.1, 0.15) is 5.75 Å². The Hall–Kier alpha value is -3.06. The van der Waals surface area contributed by atoms with Crippen molar-refractivity contribution in [3.63, 3.8) is 0 Å². The first-order valence-corrected chi connectivity index (χ1v) is 11.4. The van der Waals surface area contributed by atoms with Crippen molar-refractivity contribution in [1.29, 1.82) is 0 Å². The number of hydrogen-bond donors (Lipinski definition) is 2. The van der Waals surface area contributed by atoms with E-state index in [4.69, 9.17) is 9.47 Å². The van der Waals surface area contributed by atoms with Crippen molar-refractivity contribution >= 4 is 23.2 Å². The highest BCUT2D eigenvalue weighted by molar-refractivity contribution is 5.94. The number of aryl methyl sites for hydroxylation is 1. The minimum absolute atomic E-state index is 0.0199. The standard InChI is InChI=1S/C25H31N3O4/c1-18(19-4-7-21(8-5-19)28-12-15-31-16-13-28)26-24(29)3-2-14-32-22-9-10-23-20(17-22)6-11-25(30)27-23/h4-5,7-10,17-18H,2-3,6,11-16H2,1H3,(H,26,29)(H,27,30). The topological polar surface area (TPSA) is 79.9 Å². The molecule has 0 spiro atoms. The molecule has 0 bridgehead atoms. The van der Waals surface area contributed by atoms with Gasteiger partial charge in [-0.2, -0.15) is 0 Å². The molecule has 7 nitrogen and oxygen atoms in total. The second kappa shape index (κ2) is 10.5. The number of ether oxygens (including phenoxy) is 2. The van der Waals surface area contributed by atoms with Crippen LogP contribution in [0.4, 0.5) is 11.4 Å². The number of fused-ring (bicyclic) bond motifs is 1. The van der Waals surface area contributed by atoms with Crippen LogP contribution in [0.3, 0.4) is 0 Å². The summed E-state index contributed by atoms with van der Waals surface area (Å²) in [7, 11) is 0. The second-order valence-corrected chi connectivity index (χ2v) is 8.30. The zero-order valence-electron chi connectivity index (χ0n) is 18.6. The molecule has 170 valence electrons. The lowest BCUT2D eigenvalue weighted by molar-refractivity contribution is -0.122. The minimum Gasteiger partial charge on any atom is -0.494 e. The summed E-state index contributed by atoms with van der Waals surface area (Å²) >= 11 is 0. The normalized spacial score (nSPS) is 16.7. The van der Waals surface area contributed by atoms with Gasteiger partial charge in [0.15, 0.2) is 0 Å². The molecule has 2 aromatic rings. The third-order valence-corrected chi connectivity index (χ3v) is 5.94. The van der Waals surface area contributed by atoms with Crippen molar-refractivity contribution in [2.45, 2.75) is 38.6 Å². The molecule has 0 radical (unpaired) electrons. The summed E-state index contributed by atoms with van der Waals surface area (Å²) in [5, 5.41) is 5.94. The van der Waals surface area contributed by atoms with Crippen molar-refractivity contribution in [3.05, 3.63) is 53.6 Å². The third kappa shape index (κ3) is 5.79. The number of nitrogens with zero attached hydrogens (tertiary/aromatic N) is 1. The largest absolute Gasteiger partial charge is 0.494 e. The number of hydrogen-bond acceptors (Lipinski definition) is 5. The minimum atomic E-state index is -0.0435. The van der Waals surface area contributed by atoms with Crippen LogP contribution in [0.2, 0.25) is 0 Å².